The van der Waals surface area contributed by atoms with Crippen molar-refractivity contribution in [2.45, 2.75) is 46.1 Å². The van der Waals surface area contributed by atoms with Crippen LogP contribution in [0.4, 0.5) is 11.4 Å². The number of hydrogen-bond acceptors (Lipinski definition) is 6. The molecule has 1 saturated heterocycles. The van der Waals surface area contributed by atoms with Gasteiger partial charge in [0, 0.05) is 25.7 Å². The number of piperidine rings is 1. The molecular weight excluding hydrogens is 350 g/mol. The van der Waals surface area contributed by atoms with E-state index < -0.39 is 22.9 Å². The Labute approximate surface area is 159 Å². The third-order valence-corrected chi connectivity index (χ3v) is 4.73. The van der Waals surface area contributed by atoms with E-state index in [0.717, 1.165) is 32.4 Å². The fraction of sp³-hybridized carbons (Fsp3) is 0.579. The number of esters is 1. The van der Waals surface area contributed by atoms with Gasteiger partial charge in [0.2, 0.25) is 0 Å². The number of benzene rings is 1. The van der Waals surface area contributed by atoms with E-state index in [2.05, 4.69) is 12.2 Å². The second-order valence-electron chi connectivity index (χ2n) is 6.97. The van der Waals surface area contributed by atoms with Crippen molar-refractivity contribution in [3.05, 3.63) is 33.9 Å². The van der Waals surface area contributed by atoms with Gasteiger partial charge in [-0.1, -0.05) is 13.8 Å². The molecule has 1 amide bonds. The van der Waals surface area contributed by atoms with Crippen molar-refractivity contribution in [2.75, 3.05) is 24.5 Å². The number of nitro benzene ring substituents is 1. The van der Waals surface area contributed by atoms with E-state index in [4.69, 9.17) is 4.74 Å². The lowest BCUT2D eigenvalue weighted by Crippen LogP contribution is -2.36. The van der Waals surface area contributed by atoms with Crippen LogP contribution in [0.1, 0.15) is 50.4 Å². The molecule has 1 atom stereocenters. The molecule has 0 saturated carbocycles. The monoisotopic (exact) mass is 377 g/mol. The van der Waals surface area contributed by atoms with Gasteiger partial charge in [0.05, 0.1) is 10.5 Å². The molecule has 0 spiro atoms. The van der Waals surface area contributed by atoms with Gasteiger partial charge in [-0.15, -0.1) is 0 Å². The molecule has 8 heteroatoms. The molecule has 1 fully saturated rings. The van der Waals surface area contributed by atoms with E-state index in [0.29, 0.717) is 18.2 Å². The van der Waals surface area contributed by atoms with Crippen LogP contribution in [0.3, 0.4) is 0 Å². The second kappa shape index (κ2) is 9.34. The van der Waals surface area contributed by atoms with E-state index in [1.165, 1.54) is 19.1 Å². The van der Waals surface area contributed by atoms with Gasteiger partial charge in [-0.2, -0.15) is 0 Å². The van der Waals surface area contributed by atoms with Gasteiger partial charge in [-0.05, 0) is 44.2 Å². The molecule has 1 aromatic rings. The first-order chi connectivity index (χ1) is 12.8. The summed E-state index contributed by atoms with van der Waals surface area (Å²) in [5, 5.41) is 14.2. The van der Waals surface area contributed by atoms with E-state index in [9.17, 15) is 19.7 Å². The number of nitrogens with one attached hydrogen (secondary N) is 1. The van der Waals surface area contributed by atoms with E-state index in [1.54, 1.807) is 6.07 Å². The molecule has 0 bridgehead atoms. The predicted molar refractivity (Wildman–Crippen MR) is 102 cm³/mol. The number of anilines is 1. The summed E-state index contributed by atoms with van der Waals surface area (Å²) in [6, 6.07) is 4.33. The normalized spacial score (nSPS) is 15.9. The first-order valence-electron chi connectivity index (χ1n) is 9.35. The van der Waals surface area contributed by atoms with Crippen LogP contribution in [0.25, 0.3) is 0 Å². The van der Waals surface area contributed by atoms with Gasteiger partial charge < -0.3 is 15.0 Å². The molecule has 1 aliphatic rings. The number of ether oxygens (including phenoxy) is 1. The van der Waals surface area contributed by atoms with Crippen LogP contribution in [-0.2, 0) is 9.53 Å². The van der Waals surface area contributed by atoms with Gasteiger partial charge >= 0.3 is 5.97 Å². The highest BCUT2D eigenvalue weighted by Gasteiger charge is 2.26. The van der Waals surface area contributed by atoms with Crippen LogP contribution in [0.5, 0.6) is 0 Å². The van der Waals surface area contributed by atoms with Crippen molar-refractivity contribution < 1.29 is 19.2 Å². The Bertz CT molecular complexity index is 699. The summed E-state index contributed by atoms with van der Waals surface area (Å²) in [5.41, 5.74) is 0.449. The number of nitrogens with zero attached hydrogens (tertiary/aromatic N) is 2. The Morgan fingerprint density at radius 3 is 2.63 bits per heavy atom. The molecule has 8 nitrogen and oxygen atoms in total. The summed E-state index contributed by atoms with van der Waals surface area (Å²) < 4.78 is 5.14. The highest BCUT2D eigenvalue weighted by atomic mass is 16.6. The standard InChI is InChI=1S/C19H27N3O5/c1-4-9-20-18(23)14(3)27-19(24)15-5-6-16(17(12-15)22(25)26)21-10-7-13(2)8-11-21/h5-6,12-14H,4,7-11H2,1-3H3,(H,20,23). The molecular formula is C19H27N3O5. The minimum atomic E-state index is -0.966. The van der Waals surface area contributed by atoms with Crippen LogP contribution in [0, 0.1) is 16.0 Å². The van der Waals surface area contributed by atoms with E-state index in [-0.39, 0.29) is 11.3 Å². The van der Waals surface area contributed by atoms with Gasteiger partial charge in [0.25, 0.3) is 11.6 Å². The van der Waals surface area contributed by atoms with Gasteiger partial charge in [-0.3, -0.25) is 14.9 Å². The SMILES string of the molecule is CCCNC(=O)C(C)OC(=O)c1ccc(N2CCC(C)CC2)c([N+](=O)[O-])c1. The number of carbonyl (C=O) groups excluding carboxylic acids is 2. The minimum absolute atomic E-state index is 0.0611. The quantitative estimate of drug-likeness (QED) is 0.445. The minimum Gasteiger partial charge on any atom is -0.449 e. The molecule has 27 heavy (non-hydrogen) atoms. The molecule has 0 aromatic heterocycles. The van der Waals surface area contributed by atoms with E-state index >= 15 is 0 Å². The maximum absolute atomic E-state index is 12.3. The van der Waals surface area contributed by atoms with E-state index in [1.807, 2.05) is 11.8 Å². The van der Waals surface area contributed by atoms with Crippen LogP contribution in [-0.4, -0.2) is 42.5 Å². The molecule has 0 aliphatic carbocycles. The van der Waals surface area contributed by atoms with Crippen molar-refractivity contribution in [1.29, 1.82) is 0 Å². The van der Waals surface area contributed by atoms with Gasteiger partial charge in [0.15, 0.2) is 6.10 Å². The zero-order chi connectivity index (χ0) is 20.0. The Hall–Kier alpha value is -2.64. The lowest BCUT2D eigenvalue weighted by atomic mass is 9.98. The number of hydrogen-bond donors (Lipinski definition) is 1. The summed E-state index contributed by atoms with van der Waals surface area (Å²) in [5.74, 6) is -0.537. The average Bonchev–Trinajstić information content (AvgIpc) is 2.66. The zero-order valence-corrected chi connectivity index (χ0v) is 16.1. The third-order valence-electron chi connectivity index (χ3n) is 4.73. The number of carbonyl (C=O) groups is 2. The second-order valence-corrected chi connectivity index (χ2v) is 6.97. The molecule has 148 valence electrons. The van der Waals surface area contributed by atoms with Crippen LogP contribution >= 0.6 is 0 Å². The summed E-state index contributed by atoms with van der Waals surface area (Å²) in [7, 11) is 0. The molecule has 1 N–H and O–H groups in total. The van der Waals surface area contributed by atoms with Crippen molar-refractivity contribution in [3.8, 4) is 0 Å². The Morgan fingerprint density at radius 2 is 2.04 bits per heavy atom. The third kappa shape index (κ3) is 5.42. The van der Waals surface area contributed by atoms with Crippen molar-refractivity contribution >= 4 is 23.3 Å². The first-order valence-corrected chi connectivity index (χ1v) is 9.35. The predicted octanol–water partition coefficient (Wildman–Crippen LogP) is 2.90. The van der Waals surface area contributed by atoms with Crippen LogP contribution in [0.15, 0.2) is 18.2 Å². The maximum atomic E-state index is 12.3. The number of amides is 1. The van der Waals surface area contributed by atoms with Crippen molar-refractivity contribution in [3.63, 3.8) is 0 Å². The number of nitro groups is 1. The largest absolute Gasteiger partial charge is 0.449 e. The van der Waals surface area contributed by atoms with Crippen molar-refractivity contribution in [2.24, 2.45) is 5.92 Å². The lowest BCUT2D eigenvalue weighted by molar-refractivity contribution is -0.384. The van der Waals surface area contributed by atoms with Crippen LogP contribution < -0.4 is 10.2 Å². The highest BCUT2D eigenvalue weighted by Crippen LogP contribution is 2.32. The Morgan fingerprint density at radius 1 is 1.37 bits per heavy atom. The average molecular weight is 377 g/mol. The molecule has 2 rings (SSSR count). The summed E-state index contributed by atoms with van der Waals surface area (Å²) in [6.07, 6.45) is 1.76. The van der Waals surface area contributed by atoms with Crippen molar-refractivity contribution in [1.82, 2.24) is 5.32 Å². The molecule has 1 aliphatic heterocycles. The van der Waals surface area contributed by atoms with Gasteiger partial charge in [0.1, 0.15) is 5.69 Å². The summed E-state index contributed by atoms with van der Waals surface area (Å²) in [4.78, 5) is 37.1. The zero-order valence-electron chi connectivity index (χ0n) is 16.1. The smallest absolute Gasteiger partial charge is 0.339 e. The van der Waals surface area contributed by atoms with Crippen LogP contribution in [0.2, 0.25) is 0 Å². The Kier molecular flexibility index (Phi) is 7.15. The molecule has 1 heterocycles. The number of rotatable bonds is 7. The molecule has 1 aromatic carbocycles. The summed E-state index contributed by atoms with van der Waals surface area (Å²) in [6.45, 7) is 7.56. The maximum Gasteiger partial charge on any atom is 0.339 e. The summed E-state index contributed by atoms with van der Waals surface area (Å²) >= 11 is 0. The topological polar surface area (TPSA) is 102 Å². The first kappa shape index (κ1) is 20.7. The Balaban J connectivity index is 2.13. The fourth-order valence-electron chi connectivity index (χ4n) is 2.99. The fourth-order valence-corrected chi connectivity index (χ4v) is 2.99. The molecule has 0 radical (unpaired) electrons. The molecule has 1 unspecified atom stereocenters. The van der Waals surface area contributed by atoms with Gasteiger partial charge in [-0.25, -0.2) is 4.79 Å². The lowest BCUT2D eigenvalue weighted by Gasteiger charge is -2.31. The highest BCUT2D eigenvalue weighted by molar-refractivity contribution is 5.93.